The van der Waals surface area contributed by atoms with Crippen LogP contribution >= 0.6 is 0 Å². The minimum atomic E-state index is -0.260. The van der Waals surface area contributed by atoms with Crippen LogP contribution in [0.1, 0.15) is 44.9 Å². The van der Waals surface area contributed by atoms with Gasteiger partial charge in [0.1, 0.15) is 5.82 Å². The van der Waals surface area contributed by atoms with Gasteiger partial charge in [0.15, 0.2) is 5.82 Å². The molecule has 1 aromatic heterocycles. The Morgan fingerprint density at radius 3 is 2.41 bits per heavy atom. The normalized spacial score (nSPS) is 13.5. The molecule has 148 valence electrons. The van der Waals surface area contributed by atoms with Crippen LogP contribution in [0.25, 0.3) is 11.4 Å². The first-order valence-corrected chi connectivity index (χ1v) is 9.72. The van der Waals surface area contributed by atoms with E-state index in [2.05, 4.69) is 20.5 Å². The summed E-state index contributed by atoms with van der Waals surface area (Å²) in [7, 11) is 0. The Labute approximate surface area is 169 Å². The summed E-state index contributed by atoms with van der Waals surface area (Å²) >= 11 is 0. The molecule has 0 spiro atoms. The zero-order valence-corrected chi connectivity index (χ0v) is 16.5. The van der Waals surface area contributed by atoms with Crippen LogP contribution in [-0.4, -0.2) is 45.0 Å². The van der Waals surface area contributed by atoms with Gasteiger partial charge in [0.05, 0.1) is 11.3 Å². The van der Waals surface area contributed by atoms with Crippen LogP contribution in [0.5, 0.6) is 0 Å². The summed E-state index contributed by atoms with van der Waals surface area (Å²) in [5.41, 5.74) is 3.29. The lowest BCUT2D eigenvalue weighted by atomic mass is 10.0. The molecule has 1 fully saturated rings. The molecule has 0 bridgehead atoms. The molecule has 1 aliphatic rings. The monoisotopic (exact) mass is 389 g/mol. The molecule has 1 aliphatic heterocycles. The maximum absolute atomic E-state index is 13.0. The predicted molar refractivity (Wildman–Crippen MR) is 111 cm³/mol. The number of carbonyl (C=O) groups is 2. The van der Waals surface area contributed by atoms with Gasteiger partial charge in [-0.1, -0.05) is 24.3 Å². The maximum Gasteiger partial charge on any atom is 0.256 e. The quantitative estimate of drug-likeness (QED) is 0.714. The third kappa shape index (κ3) is 3.89. The lowest BCUT2D eigenvalue weighted by Crippen LogP contribution is -2.29. The highest BCUT2D eigenvalue weighted by molar-refractivity contribution is 6.09. The third-order valence-electron chi connectivity index (χ3n) is 5.13. The van der Waals surface area contributed by atoms with Gasteiger partial charge in [-0.25, -0.2) is 4.98 Å². The van der Waals surface area contributed by atoms with E-state index in [9.17, 15) is 9.59 Å². The molecule has 2 heterocycles. The second-order valence-electron chi connectivity index (χ2n) is 7.27. The average molecular weight is 389 g/mol. The first-order chi connectivity index (χ1) is 14.0. The number of aromatic nitrogens is 3. The van der Waals surface area contributed by atoms with E-state index >= 15 is 0 Å². The summed E-state index contributed by atoms with van der Waals surface area (Å²) in [6.45, 7) is 5.26. The Hall–Kier alpha value is -3.48. The number of nitrogens with zero attached hydrogens (tertiary/aromatic N) is 3. The van der Waals surface area contributed by atoms with Crippen molar-refractivity contribution in [3.05, 3.63) is 65.0 Å². The molecule has 2 amide bonds. The maximum atomic E-state index is 13.0. The van der Waals surface area contributed by atoms with Crippen molar-refractivity contribution in [1.82, 2.24) is 20.1 Å². The number of amides is 2. The number of aryl methyl sites for hydroxylation is 2. The van der Waals surface area contributed by atoms with Crippen LogP contribution in [0.3, 0.4) is 0 Å². The molecule has 4 rings (SSSR count). The standard InChI is InChI=1S/C22H23N5O2/c1-14-6-5-7-18(19(14)22(29)27-12-3-4-13-27)24-21(28)17-10-8-16(9-11-17)20-23-15(2)25-26-20/h5-11H,3-4,12-13H2,1-2H3,(H,24,28)(H,23,25,26). The molecule has 2 N–H and O–H groups in total. The third-order valence-corrected chi connectivity index (χ3v) is 5.13. The van der Waals surface area contributed by atoms with Crippen LogP contribution in [-0.2, 0) is 0 Å². The molecule has 0 aliphatic carbocycles. The zero-order chi connectivity index (χ0) is 20.4. The average Bonchev–Trinajstić information content (AvgIpc) is 3.40. The highest BCUT2D eigenvalue weighted by atomic mass is 16.2. The lowest BCUT2D eigenvalue weighted by Gasteiger charge is -2.19. The summed E-state index contributed by atoms with van der Waals surface area (Å²) in [5, 5.41) is 9.85. The van der Waals surface area contributed by atoms with Gasteiger partial charge in [0.2, 0.25) is 0 Å². The number of benzene rings is 2. The number of H-pyrrole nitrogens is 1. The number of anilines is 1. The molecule has 0 unspecified atom stereocenters. The van der Waals surface area contributed by atoms with E-state index in [-0.39, 0.29) is 11.8 Å². The molecular weight excluding hydrogens is 366 g/mol. The zero-order valence-electron chi connectivity index (χ0n) is 16.5. The molecular formula is C22H23N5O2. The molecule has 7 heteroatoms. The fraction of sp³-hybridized carbons (Fsp3) is 0.273. The van der Waals surface area contributed by atoms with Crippen molar-refractivity contribution in [1.29, 1.82) is 0 Å². The van der Waals surface area contributed by atoms with Crippen molar-refractivity contribution < 1.29 is 9.59 Å². The fourth-order valence-corrected chi connectivity index (χ4v) is 3.57. The summed E-state index contributed by atoms with van der Waals surface area (Å²) < 4.78 is 0. The summed E-state index contributed by atoms with van der Waals surface area (Å²) in [4.78, 5) is 31.9. The molecule has 2 aromatic carbocycles. The first-order valence-electron chi connectivity index (χ1n) is 9.72. The number of carbonyl (C=O) groups excluding carboxylic acids is 2. The SMILES string of the molecule is Cc1nc(-c2ccc(C(=O)Nc3cccc(C)c3C(=O)N3CCCC3)cc2)n[nH]1. The van der Waals surface area contributed by atoms with Crippen molar-refractivity contribution in [3.8, 4) is 11.4 Å². The van der Waals surface area contributed by atoms with Crippen LogP contribution < -0.4 is 5.32 Å². The molecule has 7 nitrogen and oxygen atoms in total. The molecule has 0 saturated carbocycles. The summed E-state index contributed by atoms with van der Waals surface area (Å²) in [6, 6.07) is 12.6. The van der Waals surface area contributed by atoms with Crippen molar-refractivity contribution >= 4 is 17.5 Å². The van der Waals surface area contributed by atoms with Gasteiger partial charge in [-0.3, -0.25) is 14.7 Å². The second-order valence-corrected chi connectivity index (χ2v) is 7.27. The molecule has 0 atom stereocenters. The highest BCUT2D eigenvalue weighted by Crippen LogP contribution is 2.24. The van der Waals surface area contributed by atoms with Crippen LogP contribution in [0.2, 0.25) is 0 Å². The summed E-state index contributed by atoms with van der Waals surface area (Å²) in [6.07, 6.45) is 2.05. The number of rotatable bonds is 4. The lowest BCUT2D eigenvalue weighted by molar-refractivity contribution is 0.0793. The van der Waals surface area contributed by atoms with Crippen LogP contribution in [0.15, 0.2) is 42.5 Å². The van der Waals surface area contributed by atoms with Gasteiger partial charge < -0.3 is 10.2 Å². The smallest absolute Gasteiger partial charge is 0.256 e. The van der Waals surface area contributed by atoms with Gasteiger partial charge in [0.25, 0.3) is 11.8 Å². The fourth-order valence-electron chi connectivity index (χ4n) is 3.57. The molecule has 1 saturated heterocycles. The minimum absolute atomic E-state index is 0.0220. The van der Waals surface area contributed by atoms with Crippen molar-refractivity contribution in [2.24, 2.45) is 0 Å². The number of hydrogen-bond donors (Lipinski definition) is 2. The van der Waals surface area contributed by atoms with E-state index in [1.54, 1.807) is 18.2 Å². The number of likely N-dealkylation sites (tertiary alicyclic amines) is 1. The van der Waals surface area contributed by atoms with Gasteiger partial charge in [-0.2, -0.15) is 5.10 Å². The van der Waals surface area contributed by atoms with Crippen LogP contribution in [0.4, 0.5) is 5.69 Å². The summed E-state index contributed by atoms with van der Waals surface area (Å²) in [5.74, 6) is 1.04. The molecule has 3 aromatic rings. The largest absolute Gasteiger partial charge is 0.339 e. The van der Waals surface area contributed by atoms with Crippen molar-refractivity contribution in [3.63, 3.8) is 0 Å². The van der Waals surface area contributed by atoms with E-state index in [4.69, 9.17) is 0 Å². The van der Waals surface area contributed by atoms with E-state index in [1.807, 2.05) is 43.0 Å². The Balaban J connectivity index is 1.55. The highest BCUT2D eigenvalue weighted by Gasteiger charge is 2.24. The molecule has 0 radical (unpaired) electrons. The second kappa shape index (κ2) is 7.87. The minimum Gasteiger partial charge on any atom is -0.339 e. The first kappa shape index (κ1) is 18.9. The van der Waals surface area contributed by atoms with Gasteiger partial charge in [0, 0.05) is 24.2 Å². The Bertz CT molecular complexity index is 1050. The van der Waals surface area contributed by atoms with Gasteiger partial charge in [-0.15, -0.1) is 0 Å². The van der Waals surface area contributed by atoms with E-state index < -0.39 is 0 Å². The number of aromatic amines is 1. The predicted octanol–water partition coefficient (Wildman–Crippen LogP) is 3.58. The number of nitrogens with one attached hydrogen (secondary N) is 2. The topological polar surface area (TPSA) is 91.0 Å². The van der Waals surface area contributed by atoms with Crippen molar-refractivity contribution in [2.45, 2.75) is 26.7 Å². The van der Waals surface area contributed by atoms with Crippen molar-refractivity contribution in [2.75, 3.05) is 18.4 Å². The molecule has 29 heavy (non-hydrogen) atoms. The Morgan fingerprint density at radius 2 is 1.76 bits per heavy atom. The Morgan fingerprint density at radius 1 is 1.03 bits per heavy atom. The van der Waals surface area contributed by atoms with Gasteiger partial charge >= 0.3 is 0 Å². The Kier molecular flexibility index (Phi) is 5.12. The van der Waals surface area contributed by atoms with E-state index in [0.717, 1.165) is 42.9 Å². The van der Waals surface area contributed by atoms with Gasteiger partial charge in [-0.05, 0) is 50.5 Å². The number of hydrogen-bond acceptors (Lipinski definition) is 4. The van der Waals surface area contributed by atoms with Crippen LogP contribution in [0, 0.1) is 13.8 Å². The van der Waals surface area contributed by atoms with E-state index in [0.29, 0.717) is 22.6 Å². The van der Waals surface area contributed by atoms with E-state index in [1.165, 1.54) is 0 Å².